The van der Waals surface area contributed by atoms with Crippen LogP contribution in [0.2, 0.25) is 0 Å². The van der Waals surface area contributed by atoms with Crippen molar-refractivity contribution in [3.8, 4) is 0 Å². The molecule has 8 heteroatoms. The third-order valence-electron chi connectivity index (χ3n) is 5.98. The highest BCUT2D eigenvalue weighted by molar-refractivity contribution is 14.1. The number of para-hydroxylation sites is 1. The molecule has 3 aliphatic rings. The average Bonchev–Trinajstić information content (AvgIpc) is 2.98. The summed E-state index contributed by atoms with van der Waals surface area (Å²) >= 11 is 1.89. The van der Waals surface area contributed by atoms with Crippen LogP contribution in [0.15, 0.2) is 33.9 Å². The number of benzene rings is 1. The maximum absolute atomic E-state index is 13.6. The first-order chi connectivity index (χ1) is 13.4. The molecule has 2 bridgehead atoms. The SMILES string of the molecule is COC(=O)N1CCc2c3n(c4ccccc24)C(=O)C2C[C@@]3(C=C(I)C2=O)C1=O. The third-order valence-corrected chi connectivity index (χ3v) is 6.82. The van der Waals surface area contributed by atoms with Crippen LogP contribution >= 0.6 is 22.6 Å². The van der Waals surface area contributed by atoms with E-state index in [0.29, 0.717) is 21.2 Å². The molecule has 0 N–H and O–H groups in total. The Balaban J connectivity index is 1.91. The van der Waals surface area contributed by atoms with Crippen molar-refractivity contribution < 1.29 is 23.9 Å². The summed E-state index contributed by atoms with van der Waals surface area (Å²) in [5.41, 5.74) is 0.927. The summed E-state index contributed by atoms with van der Waals surface area (Å²) in [6.45, 7) is 0.158. The Morgan fingerprint density at radius 3 is 2.75 bits per heavy atom. The second-order valence-corrected chi connectivity index (χ2v) is 8.44. The molecule has 0 fully saturated rings. The molecule has 1 spiro atoms. The maximum atomic E-state index is 13.6. The lowest BCUT2D eigenvalue weighted by Crippen LogP contribution is -2.55. The summed E-state index contributed by atoms with van der Waals surface area (Å²) in [4.78, 5) is 53.0. The van der Waals surface area contributed by atoms with Crippen LogP contribution in [0.3, 0.4) is 0 Å². The zero-order valence-corrected chi connectivity index (χ0v) is 17.1. The number of allylic oxidation sites excluding steroid dienone is 1. The fourth-order valence-electron chi connectivity index (χ4n) is 4.81. The van der Waals surface area contributed by atoms with Crippen LogP contribution in [0.5, 0.6) is 0 Å². The molecule has 2 atom stereocenters. The smallest absolute Gasteiger partial charge is 0.416 e. The summed E-state index contributed by atoms with van der Waals surface area (Å²) < 4.78 is 6.71. The first-order valence-electron chi connectivity index (χ1n) is 8.90. The number of carbonyl (C=O) groups excluding carboxylic acids is 4. The number of fused-ring (bicyclic) bond motifs is 4. The van der Waals surface area contributed by atoms with E-state index in [1.54, 1.807) is 6.08 Å². The lowest BCUT2D eigenvalue weighted by atomic mass is 9.67. The van der Waals surface area contributed by atoms with Crippen LogP contribution in [0.25, 0.3) is 10.9 Å². The number of hydrogen-bond acceptors (Lipinski definition) is 5. The van der Waals surface area contributed by atoms with Crippen LogP contribution in [0.4, 0.5) is 4.79 Å². The van der Waals surface area contributed by atoms with Gasteiger partial charge in [-0.25, -0.2) is 9.69 Å². The molecule has 2 amide bonds. The zero-order valence-electron chi connectivity index (χ0n) is 14.9. The number of hydrogen-bond donors (Lipinski definition) is 0. The van der Waals surface area contributed by atoms with Crippen LogP contribution < -0.4 is 0 Å². The average molecular weight is 490 g/mol. The summed E-state index contributed by atoms with van der Waals surface area (Å²) in [6.07, 6.45) is 1.37. The van der Waals surface area contributed by atoms with Crippen LogP contribution in [0.1, 0.15) is 22.5 Å². The van der Waals surface area contributed by atoms with Crippen molar-refractivity contribution in [3.63, 3.8) is 0 Å². The molecule has 2 aromatic rings. The Morgan fingerprint density at radius 1 is 1.25 bits per heavy atom. The molecule has 1 unspecified atom stereocenters. The Kier molecular flexibility index (Phi) is 3.62. The van der Waals surface area contributed by atoms with Gasteiger partial charge in [-0.2, -0.15) is 0 Å². The van der Waals surface area contributed by atoms with Crippen molar-refractivity contribution in [2.75, 3.05) is 13.7 Å². The van der Waals surface area contributed by atoms with Crippen LogP contribution in [0, 0.1) is 5.92 Å². The fraction of sp³-hybridized carbons (Fsp3) is 0.300. The van der Waals surface area contributed by atoms with Gasteiger partial charge in [-0.05, 0) is 53.1 Å². The molecule has 1 aromatic carbocycles. The molecule has 0 saturated carbocycles. The molecule has 1 aromatic heterocycles. The number of halogens is 1. The van der Waals surface area contributed by atoms with E-state index in [1.807, 2.05) is 46.9 Å². The number of Topliss-reactive ketones (excluding diaryl/α,β-unsaturated/α-hetero) is 1. The number of imide groups is 1. The standard InChI is InChI=1S/C20H15IN2O5/c1-28-19(27)22-7-6-11-10-4-2-3-5-14(10)23-16(11)20(18(22)26)8-12(17(23)25)15(24)13(21)9-20/h2-5,9,12H,6-8H2,1H3/t12?,20-/m0/s1. The van der Waals surface area contributed by atoms with Gasteiger partial charge < -0.3 is 4.74 Å². The van der Waals surface area contributed by atoms with Gasteiger partial charge in [0.05, 0.1) is 16.2 Å². The van der Waals surface area contributed by atoms with E-state index < -0.39 is 23.3 Å². The molecule has 0 radical (unpaired) electrons. The Morgan fingerprint density at radius 2 is 2.00 bits per heavy atom. The van der Waals surface area contributed by atoms with E-state index in [4.69, 9.17) is 4.74 Å². The summed E-state index contributed by atoms with van der Waals surface area (Å²) in [7, 11) is 1.23. The molecule has 0 saturated heterocycles. The number of carbonyl (C=O) groups is 4. The van der Waals surface area contributed by atoms with E-state index in [2.05, 4.69) is 0 Å². The van der Waals surface area contributed by atoms with E-state index >= 15 is 0 Å². The third kappa shape index (κ3) is 1.98. The predicted octanol–water partition coefficient (Wildman–Crippen LogP) is 2.59. The van der Waals surface area contributed by atoms with Gasteiger partial charge in [0.25, 0.3) is 0 Å². The van der Waals surface area contributed by atoms with Gasteiger partial charge in [0, 0.05) is 17.6 Å². The number of ketones is 1. The Bertz CT molecular complexity index is 1150. The summed E-state index contributed by atoms with van der Waals surface area (Å²) in [5, 5.41) is 0.869. The van der Waals surface area contributed by atoms with Gasteiger partial charge in [0.1, 0.15) is 11.3 Å². The van der Waals surface area contributed by atoms with Crippen molar-refractivity contribution in [2.45, 2.75) is 18.3 Å². The van der Waals surface area contributed by atoms with E-state index in [0.717, 1.165) is 15.8 Å². The number of nitrogens with zero attached hydrogens (tertiary/aromatic N) is 2. The minimum Gasteiger partial charge on any atom is -0.452 e. The molecule has 2 aliphatic heterocycles. The van der Waals surface area contributed by atoms with Crippen molar-refractivity contribution in [1.82, 2.24) is 9.47 Å². The molecule has 1 aliphatic carbocycles. The van der Waals surface area contributed by atoms with Gasteiger partial charge >= 0.3 is 6.09 Å². The van der Waals surface area contributed by atoms with Crippen molar-refractivity contribution in [2.24, 2.45) is 5.92 Å². The van der Waals surface area contributed by atoms with Crippen LogP contribution in [-0.2, 0) is 26.2 Å². The largest absolute Gasteiger partial charge is 0.452 e. The number of ether oxygens (including phenoxy) is 1. The highest BCUT2D eigenvalue weighted by Crippen LogP contribution is 2.51. The van der Waals surface area contributed by atoms with Crippen molar-refractivity contribution in [3.05, 3.63) is 45.2 Å². The first-order valence-corrected chi connectivity index (χ1v) is 9.98. The number of methoxy groups -OCH3 is 1. The predicted molar refractivity (Wildman–Crippen MR) is 107 cm³/mol. The van der Waals surface area contributed by atoms with E-state index in [9.17, 15) is 19.2 Å². The second kappa shape index (κ2) is 5.76. The van der Waals surface area contributed by atoms with Gasteiger partial charge in [-0.3, -0.25) is 19.0 Å². The Hall–Kier alpha value is -2.49. The first kappa shape index (κ1) is 17.6. The summed E-state index contributed by atoms with van der Waals surface area (Å²) in [5.74, 6) is -1.96. The molecule has 142 valence electrons. The van der Waals surface area contributed by atoms with Crippen molar-refractivity contribution >= 4 is 57.2 Å². The molecule has 7 nitrogen and oxygen atoms in total. The molecular weight excluding hydrogens is 475 g/mol. The molecular formula is C20H15IN2O5. The highest BCUT2D eigenvalue weighted by Gasteiger charge is 2.58. The minimum absolute atomic E-state index is 0.0484. The van der Waals surface area contributed by atoms with Crippen LogP contribution in [-0.4, -0.2) is 46.8 Å². The van der Waals surface area contributed by atoms with Gasteiger partial charge in [0.2, 0.25) is 11.8 Å². The zero-order chi connectivity index (χ0) is 19.8. The molecule has 5 rings (SSSR count). The fourth-order valence-corrected chi connectivity index (χ4v) is 5.71. The van der Waals surface area contributed by atoms with Gasteiger partial charge in [0.15, 0.2) is 5.78 Å². The van der Waals surface area contributed by atoms with Gasteiger partial charge in [-0.15, -0.1) is 0 Å². The topological polar surface area (TPSA) is 85.7 Å². The monoisotopic (exact) mass is 490 g/mol. The maximum Gasteiger partial charge on any atom is 0.416 e. The molecule has 28 heavy (non-hydrogen) atoms. The second-order valence-electron chi connectivity index (χ2n) is 7.28. The number of aromatic nitrogens is 1. The van der Waals surface area contributed by atoms with E-state index in [1.165, 1.54) is 11.7 Å². The Labute approximate surface area is 173 Å². The minimum atomic E-state index is -1.23. The number of amides is 2. The van der Waals surface area contributed by atoms with Gasteiger partial charge in [-0.1, -0.05) is 18.2 Å². The molecule has 3 heterocycles. The summed E-state index contributed by atoms with van der Waals surface area (Å²) in [6, 6.07) is 7.46. The van der Waals surface area contributed by atoms with E-state index in [-0.39, 0.29) is 24.7 Å². The van der Waals surface area contributed by atoms with Crippen molar-refractivity contribution in [1.29, 1.82) is 0 Å². The lowest BCUT2D eigenvalue weighted by molar-refractivity contribution is -0.135. The normalized spacial score (nSPS) is 26.1. The lowest BCUT2D eigenvalue weighted by Gasteiger charge is -2.41. The quantitative estimate of drug-likeness (QED) is 0.419. The highest BCUT2D eigenvalue weighted by atomic mass is 127. The number of rotatable bonds is 0.